The number of nitrogens with two attached hydrogens (primary N) is 1. The Bertz CT molecular complexity index is 890. The van der Waals surface area contributed by atoms with Crippen LogP contribution in [0.2, 0.25) is 0 Å². The second-order valence-corrected chi connectivity index (χ2v) is 10.2. The zero-order valence-corrected chi connectivity index (χ0v) is 21.6. The van der Waals surface area contributed by atoms with E-state index in [4.69, 9.17) is 10.5 Å². The third-order valence-corrected chi connectivity index (χ3v) is 5.59. The second-order valence-electron chi connectivity index (χ2n) is 10.2. The SMILES string of the molecule is CCCCCNC(=O)C(c1ccc(C)cc1)N(C(=O)C(CC(N)=O)NC(=O)OC(C)(C)C)C1CC1. The number of ether oxygens (including phenoxy) is 1. The van der Waals surface area contributed by atoms with Crippen LogP contribution in [0, 0.1) is 6.92 Å². The molecule has 35 heavy (non-hydrogen) atoms. The maximum absolute atomic E-state index is 13.8. The van der Waals surface area contributed by atoms with Gasteiger partial charge >= 0.3 is 6.09 Å². The van der Waals surface area contributed by atoms with Gasteiger partial charge in [0.05, 0.1) is 6.42 Å². The van der Waals surface area contributed by atoms with Crippen molar-refractivity contribution in [3.8, 4) is 0 Å². The Kier molecular flexibility index (Phi) is 10.1. The van der Waals surface area contributed by atoms with E-state index in [-0.39, 0.29) is 11.9 Å². The molecule has 1 saturated carbocycles. The van der Waals surface area contributed by atoms with Gasteiger partial charge in [0.1, 0.15) is 17.7 Å². The monoisotopic (exact) mass is 488 g/mol. The molecule has 0 radical (unpaired) electrons. The molecule has 0 heterocycles. The molecular formula is C26H40N4O5. The minimum absolute atomic E-state index is 0.175. The van der Waals surface area contributed by atoms with Gasteiger partial charge in [-0.15, -0.1) is 0 Å². The molecule has 9 nitrogen and oxygen atoms in total. The van der Waals surface area contributed by atoms with E-state index in [1.807, 2.05) is 31.2 Å². The fourth-order valence-electron chi connectivity index (χ4n) is 3.77. The summed E-state index contributed by atoms with van der Waals surface area (Å²) < 4.78 is 5.29. The van der Waals surface area contributed by atoms with Crippen LogP contribution in [0.5, 0.6) is 0 Å². The van der Waals surface area contributed by atoms with Crippen molar-refractivity contribution in [1.29, 1.82) is 0 Å². The summed E-state index contributed by atoms with van der Waals surface area (Å²) in [6.07, 6.45) is 3.07. The quantitative estimate of drug-likeness (QED) is 0.389. The molecule has 0 aliphatic heterocycles. The third-order valence-electron chi connectivity index (χ3n) is 5.59. The number of carbonyl (C=O) groups is 4. The van der Waals surface area contributed by atoms with Gasteiger partial charge in [-0.25, -0.2) is 4.79 Å². The Morgan fingerprint density at radius 1 is 1.11 bits per heavy atom. The molecule has 0 saturated heterocycles. The van der Waals surface area contributed by atoms with E-state index in [1.54, 1.807) is 20.8 Å². The Hall–Kier alpha value is -3.10. The van der Waals surface area contributed by atoms with Crippen molar-refractivity contribution in [2.24, 2.45) is 5.73 Å². The van der Waals surface area contributed by atoms with Crippen molar-refractivity contribution in [2.75, 3.05) is 6.54 Å². The van der Waals surface area contributed by atoms with Crippen LogP contribution in [-0.2, 0) is 19.1 Å². The van der Waals surface area contributed by atoms with Crippen molar-refractivity contribution < 1.29 is 23.9 Å². The summed E-state index contributed by atoms with van der Waals surface area (Å²) in [5, 5.41) is 5.46. The highest BCUT2D eigenvalue weighted by atomic mass is 16.6. The summed E-state index contributed by atoms with van der Waals surface area (Å²) in [6, 6.07) is 5.13. The van der Waals surface area contributed by atoms with Crippen LogP contribution in [0.15, 0.2) is 24.3 Å². The maximum Gasteiger partial charge on any atom is 0.408 e. The number of hydrogen-bond donors (Lipinski definition) is 3. The average molecular weight is 489 g/mol. The summed E-state index contributed by atoms with van der Waals surface area (Å²) in [7, 11) is 0. The Labute approximate surface area is 208 Å². The molecule has 9 heteroatoms. The van der Waals surface area contributed by atoms with Crippen molar-refractivity contribution in [1.82, 2.24) is 15.5 Å². The predicted octanol–water partition coefficient (Wildman–Crippen LogP) is 3.10. The first kappa shape index (κ1) is 28.1. The van der Waals surface area contributed by atoms with Gasteiger partial charge in [0.15, 0.2) is 0 Å². The standard InChI is InChI=1S/C26H40N4O5/c1-6-7-8-15-28-23(32)22(18-11-9-17(2)10-12-18)30(19-13-14-19)24(33)20(16-21(27)31)29-25(34)35-26(3,4)5/h9-12,19-20,22H,6-8,13-16H2,1-5H3,(H2,27,31)(H,28,32)(H,29,34). The Balaban J connectivity index is 2.37. The van der Waals surface area contributed by atoms with Crippen LogP contribution >= 0.6 is 0 Å². The first-order valence-corrected chi connectivity index (χ1v) is 12.4. The number of unbranched alkanes of at least 4 members (excludes halogenated alkanes) is 2. The van der Waals surface area contributed by atoms with Crippen molar-refractivity contribution in [3.63, 3.8) is 0 Å². The molecular weight excluding hydrogens is 448 g/mol. The molecule has 0 bridgehead atoms. The van der Waals surface area contributed by atoms with Crippen molar-refractivity contribution in [2.45, 2.75) is 96.9 Å². The van der Waals surface area contributed by atoms with E-state index in [9.17, 15) is 19.2 Å². The molecule has 0 aromatic heterocycles. The highest BCUT2D eigenvalue weighted by Crippen LogP contribution is 2.36. The number of nitrogens with one attached hydrogen (secondary N) is 2. The summed E-state index contributed by atoms with van der Waals surface area (Å²) in [6.45, 7) is 9.63. The van der Waals surface area contributed by atoms with Crippen LogP contribution in [0.4, 0.5) is 4.79 Å². The number of hydrogen-bond acceptors (Lipinski definition) is 5. The maximum atomic E-state index is 13.8. The highest BCUT2D eigenvalue weighted by molar-refractivity contribution is 5.94. The minimum atomic E-state index is -1.25. The predicted molar refractivity (Wildman–Crippen MR) is 133 cm³/mol. The van der Waals surface area contributed by atoms with Gasteiger partial charge in [0, 0.05) is 12.6 Å². The Morgan fingerprint density at radius 2 is 1.74 bits per heavy atom. The number of amides is 4. The molecule has 4 amide bonds. The summed E-state index contributed by atoms with van der Waals surface area (Å²) in [5.41, 5.74) is 6.31. The van der Waals surface area contributed by atoms with E-state index in [1.165, 1.54) is 4.90 Å². The summed E-state index contributed by atoms with van der Waals surface area (Å²) >= 11 is 0. The van der Waals surface area contributed by atoms with E-state index in [0.717, 1.165) is 37.7 Å². The second kappa shape index (κ2) is 12.6. The molecule has 2 unspecified atom stereocenters. The van der Waals surface area contributed by atoms with Crippen LogP contribution in [0.3, 0.4) is 0 Å². The van der Waals surface area contributed by atoms with E-state index < -0.39 is 42.0 Å². The molecule has 2 rings (SSSR count). The molecule has 4 N–H and O–H groups in total. The molecule has 1 aromatic carbocycles. The lowest BCUT2D eigenvalue weighted by atomic mass is 10.0. The average Bonchev–Trinajstić information content (AvgIpc) is 3.58. The number of aryl methyl sites for hydroxylation is 1. The molecule has 194 valence electrons. The molecule has 1 fully saturated rings. The number of primary amides is 1. The fraction of sp³-hybridized carbons (Fsp3) is 0.615. The number of carbonyl (C=O) groups excluding carboxylic acids is 4. The highest BCUT2D eigenvalue weighted by Gasteiger charge is 2.44. The largest absolute Gasteiger partial charge is 0.444 e. The molecule has 1 aliphatic rings. The van der Waals surface area contributed by atoms with Gasteiger partial charge < -0.3 is 26.0 Å². The zero-order valence-electron chi connectivity index (χ0n) is 21.6. The van der Waals surface area contributed by atoms with Gasteiger partial charge in [-0.2, -0.15) is 0 Å². The van der Waals surface area contributed by atoms with E-state index >= 15 is 0 Å². The number of alkyl carbamates (subject to hydrolysis) is 1. The molecule has 1 aromatic rings. The number of benzene rings is 1. The van der Waals surface area contributed by atoms with Crippen molar-refractivity contribution in [3.05, 3.63) is 35.4 Å². The van der Waals surface area contributed by atoms with Crippen LogP contribution in [0.25, 0.3) is 0 Å². The smallest absolute Gasteiger partial charge is 0.408 e. The van der Waals surface area contributed by atoms with Gasteiger partial charge in [0.2, 0.25) is 17.7 Å². The first-order valence-electron chi connectivity index (χ1n) is 12.4. The normalized spacial score (nSPS) is 15.0. The summed E-state index contributed by atoms with van der Waals surface area (Å²) in [4.78, 5) is 52.9. The Morgan fingerprint density at radius 3 is 2.26 bits per heavy atom. The van der Waals surface area contributed by atoms with Crippen LogP contribution < -0.4 is 16.4 Å². The van der Waals surface area contributed by atoms with Gasteiger partial charge in [0.25, 0.3) is 0 Å². The lowest BCUT2D eigenvalue weighted by Gasteiger charge is -2.34. The van der Waals surface area contributed by atoms with E-state index in [0.29, 0.717) is 12.1 Å². The first-order chi connectivity index (χ1) is 16.4. The number of nitrogens with zero attached hydrogens (tertiary/aromatic N) is 1. The topological polar surface area (TPSA) is 131 Å². The molecule has 2 atom stereocenters. The van der Waals surface area contributed by atoms with E-state index in [2.05, 4.69) is 17.6 Å². The minimum Gasteiger partial charge on any atom is -0.444 e. The van der Waals surface area contributed by atoms with Gasteiger partial charge in [-0.3, -0.25) is 14.4 Å². The van der Waals surface area contributed by atoms with Crippen LogP contribution in [0.1, 0.15) is 83.4 Å². The lowest BCUT2D eigenvalue weighted by molar-refractivity contribution is -0.144. The van der Waals surface area contributed by atoms with Crippen LogP contribution in [-0.4, -0.2) is 52.9 Å². The lowest BCUT2D eigenvalue weighted by Crippen LogP contribution is -2.54. The van der Waals surface area contributed by atoms with Gasteiger partial charge in [-0.05, 0) is 52.5 Å². The fourth-order valence-corrected chi connectivity index (χ4v) is 3.77. The molecule has 1 aliphatic carbocycles. The zero-order chi connectivity index (χ0) is 26.2. The van der Waals surface area contributed by atoms with Crippen molar-refractivity contribution >= 4 is 23.8 Å². The third kappa shape index (κ3) is 9.22. The molecule has 0 spiro atoms. The number of rotatable bonds is 12. The summed E-state index contributed by atoms with van der Waals surface area (Å²) in [5.74, 6) is -1.57. The van der Waals surface area contributed by atoms with Gasteiger partial charge in [-0.1, -0.05) is 49.6 Å².